The van der Waals surface area contributed by atoms with Gasteiger partial charge in [0.2, 0.25) is 0 Å². The number of nitrogens with zero attached hydrogens (tertiary/aromatic N) is 2. The van der Waals surface area contributed by atoms with E-state index < -0.39 is 17.8 Å². The van der Waals surface area contributed by atoms with Crippen LogP contribution < -0.4 is 5.76 Å². The van der Waals surface area contributed by atoms with Gasteiger partial charge in [-0.25, -0.2) is 4.79 Å². The van der Waals surface area contributed by atoms with Crippen LogP contribution in [0.4, 0.5) is 0 Å². The number of benzene rings is 1. The van der Waals surface area contributed by atoms with Gasteiger partial charge in [0, 0.05) is 0 Å². The van der Waals surface area contributed by atoms with E-state index in [0.29, 0.717) is 11.1 Å². The Morgan fingerprint density at radius 2 is 2.28 bits per heavy atom. The number of hydrogen-bond acceptors (Lipinski definition) is 5. The molecule has 18 heavy (non-hydrogen) atoms. The molecule has 0 amide bonds. The number of para-hydroxylation sites is 2. The Morgan fingerprint density at radius 1 is 1.56 bits per heavy atom. The van der Waals surface area contributed by atoms with E-state index in [1.54, 1.807) is 30.3 Å². The second-order valence-electron chi connectivity index (χ2n) is 3.68. The summed E-state index contributed by atoms with van der Waals surface area (Å²) in [5, 5.41) is 8.52. The molecule has 92 valence electrons. The molecular weight excluding hydrogens is 236 g/mol. The van der Waals surface area contributed by atoms with Crippen LogP contribution in [0.2, 0.25) is 0 Å². The van der Waals surface area contributed by atoms with Crippen LogP contribution in [0.5, 0.6) is 0 Å². The molecular formula is C12H10N2O4. The van der Waals surface area contributed by atoms with Gasteiger partial charge in [-0.3, -0.25) is 9.36 Å². The number of nitriles is 1. The van der Waals surface area contributed by atoms with Crippen molar-refractivity contribution in [3.05, 3.63) is 34.8 Å². The maximum atomic E-state index is 11.6. The van der Waals surface area contributed by atoms with E-state index in [-0.39, 0.29) is 6.54 Å². The molecule has 0 unspecified atom stereocenters. The minimum absolute atomic E-state index is 0.276. The lowest BCUT2D eigenvalue weighted by atomic mass is 10.3. The van der Waals surface area contributed by atoms with Gasteiger partial charge in [-0.1, -0.05) is 12.1 Å². The molecule has 0 saturated carbocycles. The summed E-state index contributed by atoms with van der Waals surface area (Å²) in [5.74, 6) is -1.28. The standard InChI is InChI=1S/C12H10N2O4/c1-8(6-13)17-11(15)7-14-9-4-2-3-5-10(9)18-12(14)16/h2-5,8H,7H2,1H3/t8-/m1/s1. The van der Waals surface area contributed by atoms with Crippen LogP contribution in [0, 0.1) is 11.3 Å². The zero-order chi connectivity index (χ0) is 13.1. The van der Waals surface area contributed by atoms with Crippen molar-refractivity contribution in [1.29, 1.82) is 5.26 Å². The molecule has 0 N–H and O–H groups in total. The first kappa shape index (κ1) is 11.9. The highest BCUT2D eigenvalue weighted by atomic mass is 16.5. The maximum absolute atomic E-state index is 11.6. The molecule has 2 rings (SSSR count). The summed E-state index contributed by atoms with van der Waals surface area (Å²) in [6, 6.07) is 8.54. The van der Waals surface area contributed by atoms with Crippen molar-refractivity contribution < 1.29 is 13.9 Å². The van der Waals surface area contributed by atoms with Gasteiger partial charge in [0.15, 0.2) is 11.7 Å². The van der Waals surface area contributed by atoms with Gasteiger partial charge in [-0.15, -0.1) is 0 Å². The minimum atomic E-state index is -0.841. The lowest BCUT2D eigenvalue weighted by Gasteiger charge is -2.05. The van der Waals surface area contributed by atoms with Gasteiger partial charge in [0.1, 0.15) is 12.6 Å². The lowest BCUT2D eigenvalue weighted by molar-refractivity contribution is -0.146. The molecule has 0 bridgehead atoms. The van der Waals surface area contributed by atoms with Crippen LogP contribution in [0.15, 0.2) is 33.5 Å². The Hall–Kier alpha value is -2.55. The molecule has 0 aliphatic rings. The fraction of sp³-hybridized carbons (Fsp3) is 0.250. The highest BCUT2D eigenvalue weighted by molar-refractivity contribution is 5.76. The summed E-state index contributed by atoms with van der Waals surface area (Å²) in [7, 11) is 0. The van der Waals surface area contributed by atoms with Crippen molar-refractivity contribution >= 4 is 17.1 Å². The van der Waals surface area contributed by atoms with Crippen LogP contribution in [-0.2, 0) is 16.1 Å². The number of carbonyl (C=O) groups is 1. The zero-order valence-electron chi connectivity index (χ0n) is 9.62. The second-order valence-corrected chi connectivity index (χ2v) is 3.68. The molecule has 1 heterocycles. The number of fused-ring (bicyclic) bond motifs is 1. The number of ether oxygens (including phenoxy) is 1. The summed E-state index contributed by atoms with van der Waals surface area (Å²) < 4.78 is 10.9. The van der Waals surface area contributed by atoms with Crippen molar-refractivity contribution in [3.8, 4) is 6.07 Å². The number of carbonyl (C=O) groups excluding carboxylic acids is 1. The summed E-state index contributed by atoms with van der Waals surface area (Å²) in [4.78, 5) is 23.1. The smallest absolute Gasteiger partial charge is 0.420 e. The van der Waals surface area contributed by atoms with Crippen molar-refractivity contribution in [1.82, 2.24) is 4.57 Å². The molecule has 2 aromatic rings. The van der Waals surface area contributed by atoms with Crippen molar-refractivity contribution in [2.45, 2.75) is 19.6 Å². The van der Waals surface area contributed by atoms with Gasteiger partial charge >= 0.3 is 11.7 Å². The number of aromatic nitrogens is 1. The highest BCUT2D eigenvalue weighted by Crippen LogP contribution is 2.11. The summed E-state index contributed by atoms with van der Waals surface area (Å²) in [5.41, 5.74) is 0.924. The Bertz CT molecular complexity index is 677. The first-order valence-corrected chi connectivity index (χ1v) is 5.29. The van der Waals surface area contributed by atoms with E-state index in [9.17, 15) is 9.59 Å². The third-order valence-electron chi connectivity index (χ3n) is 2.35. The van der Waals surface area contributed by atoms with Crippen LogP contribution in [-0.4, -0.2) is 16.6 Å². The number of oxazole rings is 1. The van der Waals surface area contributed by atoms with Gasteiger partial charge < -0.3 is 9.15 Å². The second kappa shape index (κ2) is 4.75. The van der Waals surface area contributed by atoms with Crippen LogP contribution in [0.25, 0.3) is 11.1 Å². The molecule has 6 heteroatoms. The maximum Gasteiger partial charge on any atom is 0.420 e. The van der Waals surface area contributed by atoms with E-state index >= 15 is 0 Å². The Kier molecular flexibility index (Phi) is 3.15. The molecule has 6 nitrogen and oxygen atoms in total. The van der Waals surface area contributed by atoms with Crippen LogP contribution in [0.3, 0.4) is 0 Å². The highest BCUT2D eigenvalue weighted by Gasteiger charge is 2.14. The predicted octanol–water partition coefficient (Wildman–Crippen LogP) is 1.05. The molecule has 0 fully saturated rings. The lowest BCUT2D eigenvalue weighted by Crippen LogP contribution is -2.24. The number of hydrogen-bond donors (Lipinski definition) is 0. The molecule has 1 aromatic heterocycles. The van der Waals surface area contributed by atoms with Crippen molar-refractivity contribution in [3.63, 3.8) is 0 Å². The van der Waals surface area contributed by atoms with E-state index in [4.69, 9.17) is 14.4 Å². The molecule has 1 aromatic carbocycles. The van der Waals surface area contributed by atoms with Crippen molar-refractivity contribution in [2.75, 3.05) is 0 Å². The average Bonchev–Trinajstić information content (AvgIpc) is 2.66. The average molecular weight is 246 g/mol. The normalized spacial score (nSPS) is 12.0. The minimum Gasteiger partial charge on any atom is -0.446 e. The molecule has 0 aliphatic heterocycles. The van der Waals surface area contributed by atoms with E-state index in [1.807, 2.05) is 0 Å². The van der Waals surface area contributed by atoms with Gasteiger partial charge in [0.05, 0.1) is 5.52 Å². The van der Waals surface area contributed by atoms with Gasteiger partial charge in [-0.2, -0.15) is 5.26 Å². The molecule has 0 saturated heterocycles. The zero-order valence-corrected chi connectivity index (χ0v) is 9.62. The van der Waals surface area contributed by atoms with Gasteiger partial charge in [-0.05, 0) is 19.1 Å². The van der Waals surface area contributed by atoms with Crippen LogP contribution >= 0.6 is 0 Å². The number of esters is 1. The van der Waals surface area contributed by atoms with Gasteiger partial charge in [0.25, 0.3) is 0 Å². The summed E-state index contributed by atoms with van der Waals surface area (Å²) in [6.07, 6.45) is -0.841. The first-order chi connectivity index (χ1) is 8.61. The first-order valence-electron chi connectivity index (χ1n) is 5.29. The molecule has 0 spiro atoms. The third-order valence-corrected chi connectivity index (χ3v) is 2.35. The SMILES string of the molecule is C[C@H](C#N)OC(=O)Cn1c(=O)oc2ccccc21. The van der Waals surface area contributed by atoms with Crippen molar-refractivity contribution in [2.24, 2.45) is 0 Å². The summed E-state index contributed by atoms with van der Waals surface area (Å²) in [6.45, 7) is 1.18. The predicted molar refractivity (Wildman–Crippen MR) is 61.6 cm³/mol. The quantitative estimate of drug-likeness (QED) is 0.755. The van der Waals surface area contributed by atoms with E-state index in [1.165, 1.54) is 11.5 Å². The van der Waals surface area contributed by atoms with Crippen LogP contribution in [0.1, 0.15) is 6.92 Å². The Balaban J connectivity index is 2.27. The third kappa shape index (κ3) is 2.25. The Labute approximate surface area is 102 Å². The summed E-state index contributed by atoms with van der Waals surface area (Å²) >= 11 is 0. The van der Waals surface area contributed by atoms with E-state index in [2.05, 4.69) is 0 Å². The molecule has 1 atom stereocenters. The van der Waals surface area contributed by atoms with E-state index in [0.717, 1.165) is 0 Å². The molecule has 0 radical (unpaired) electrons. The molecule has 0 aliphatic carbocycles. The fourth-order valence-electron chi connectivity index (χ4n) is 1.55. The Morgan fingerprint density at radius 3 is 3.00 bits per heavy atom. The largest absolute Gasteiger partial charge is 0.446 e. The number of rotatable bonds is 3. The monoisotopic (exact) mass is 246 g/mol. The fourth-order valence-corrected chi connectivity index (χ4v) is 1.55. The topological polar surface area (TPSA) is 85.2 Å².